The fourth-order valence-corrected chi connectivity index (χ4v) is 1.95. The van der Waals surface area contributed by atoms with Gasteiger partial charge >= 0.3 is 6.09 Å². The second kappa shape index (κ2) is 8.84. The van der Waals surface area contributed by atoms with Crippen molar-refractivity contribution in [3.8, 4) is 0 Å². The van der Waals surface area contributed by atoms with Gasteiger partial charge in [-0.1, -0.05) is 54.2 Å². The molecule has 0 aliphatic carbocycles. The molecule has 2 rings (SSSR count). The smallest absolute Gasteiger partial charge is 0.407 e. The van der Waals surface area contributed by atoms with Crippen molar-refractivity contribution in [1.82, 2.24) is 15.3 Å². The van der Waals surface area contributed by atoms with Gasteiger partial charge in [-0.05, 0) is 11.8 Å². The lowest BCUT2D eigenvalue weighted by Gasteiger charge is -2.05. The van der Waals surface area contributed by atoms with E-state index in [4.69, 9.17) is 4.74 Å². The van der Waals surface area contributed by atoms with E-state index in [0.29, 0.717) is 6.54 Å². The average molecular weight is 315 g/mol. The molecule has 0 aliphatic rings. The standard InChI is InChI=1S/C16H17N3O2S/c1-22-15-18-10-14(11-19-15)8-5-9-17-16(20)21-12-13-6-3-2-4-7-13/h2-8,10-11H,9,12H2,1H3,(H,17,20). The van der Waals surface area contributed by atoms with E-state index in [-0.39, 0.29) is 6.61 Å². The monoisotopic (exact) mass is 315 g/mol. The average Bonchev–Trinajstić information content (AvgIpc) is 2.58. The molecular weight excluding hydrogens is 298 g/mol. The lowest BCUT2D eigenvalue weighted by molar-refractivity contribution is 0.141. The molecule has 5 nitrogen and oxygen atoms in total. The van der Waals surface area contributed by atoms with Crippen molar-refractivity contribution < 1.29 is 9.53 Å². The molecule has 1 amide bonds. The highest BCUT2D eigenvalue weighted by molar-refractivity contribution is 7.98. The molecule has 1 aromatic heterocycles. The van der Waals surface area contributed by atoms with Crippen molar-refractivity contribution in [2.45, 2.75) is 11.8 Å². The quantitative estimate of drug-likeness (QED) is 0.655. The highest BCUT2D eigenvalue weighted by atomic mass is 32.2. The first-order valence-corrected chi connectivity index (χ1v) is 7.97. The molecule has 22 heavy (non-hydrogen) atoms. The zero-order valence-corrected chi connectivity index (χ0v) is 13.0. The summed E-state index contributed by atoms with van der Waals surface area (Å²) in [5.74, 6) is 0. The molecule has 1 heterocycles. The summed E-state index contributed by atoms with van der Waals surface area (Å²) in [6, 6.07) is 9.55. The summed E-state index contributed by atoms with van der Waals surface area (Å²) < 4.78 is 5.10. The molecule has 1 N–H and O–H groups in total. The van der Waals surface area contributed by atoms with Crippen molar-refractivity contribution in [3.05, 3.63) is 59.9 Å². The Morgan fingerprint density at radius 2 is 2.00 bits per heavy atom. The SMILES string of the molecule is CSc1ncc(C=CCNC(=O)OCc2ccccc2)cn1. The van der Waals surface area contributed by atoms with Gasteiger partial charge in [0, 0.05) is 24.5 Å². The van der Waals surface area contributed by atoms with Crippen molar-refractivity contribution >= 4 is 23.9 Å². The van der Waals surface area contributed by atoms with E-state index < -0.39 is 6.09 Å². The number of rotatable bonds is 6. The lowest BCUT2D eigenvalue weighted by atomic mass is 10.2. The Kier molecular flexibility index (Phi) is 6.44. The summed E-state index contributed by atoms with van der Waals surface area (Å²) in [4.78, 5) is 19.8. The van der Waals surface area contributed by atoms with Crippen LogP contribution in [0, 0.1) is 0 Å². The van der Waals surface area contributed by atoms with Gasteiger partial charge in [0.2, 0.25) is 0 Å². The van der Waals surface area contributed by atoms with Crippen LogP contribution in [0.25, 0.3) is 6.08 Å². The molecule has 0 saturated carbocycles. The first-order valence-electron chi connectivity index (χ1n) is 6.75. The summed E-state index contributed by atoms with van der Waals surface area (Å²) in [5.41, 5.74) is 1.84. The fourth-order valence-electron chi connectivity index (χ4n) is 1.63. The lowest BCUT2D eigenvalue weighted by Crippen LogP contribution is -2.24. The molecule has 1 aromatic carbocycles. The number of ether oxygens (including phenoxy) is 1. The van der Waals surface area contributed by atoms with Crippen LogP contribution >= 0.6 is 11.8 Å². The number of nitrogens with one attached hydrogen (secondary N) is 1. The van der Waals surface area contributed by atoms with Crippen molar-refractivity contribution in [2.75, 3.05) is 12.8 Å². The third kappa shape index (κ3) is 5.57. The van der Waals surface area contributed by atoms with Gasteiger partial charge < -0.3 is 10.1 Å². The summed E-state index contributed by atoms with van der Waals surface area (Å²) in [6.45, 7) is 0.651. The summed E-state index contributed by atoms with van der Waals surface area (Å²) in [5, 5.41) is 3.39. The fraction of sp³-hybridized carbons (Fsp3) is 0.188. The Bertz CT molecular complexity index is 615. The molecule has 0 unspecified atom stereocenters. The number of hydrogen-bond acceptors (Lipinski definition) is 5. The second-order valence-corrected chi connectivity index (χ2v) is 5.12. The van der Waals surface area contributed by atoms with Crippen LogP contribution in [0.3, 0.4) is 0 Å². The van der Waals surface area contributed by atoms with Crippen LogP contribution in [0.1, 0.15) is 11.1 Å². The molecule has 0 bridgehead atoms. The van der Waals surface area contributed by atoms with Crippen molar-refractivity contribution in [2.24, 2.45) is 0 Å². The molecule has 114 valence electrons. The van der Waals surface area contributed by atoms with E-state index in [2.05, 4.69) is 15.3 Å². The van der Waals surface area contributed by atoms with Gasteiger partial charge in [-0.15, -0.1) is 0 Å². The number of thioether (sulfide) groups is 1. The Hall–Kier alpha value is -2.34. The summed E-state index contributed by atoms with van der Waals surface area (Å²) in [6.07, 6.45) is 8.63. The number of aromatic nitrogens is 2. The number of hydrogen-bond donors (Lipinski definition) is 1. The van der Waals surface area contributed by atoms with Crippen LogP contribution in [0.5, 0.6) is 0 Å². The van der Waals surface area contributed by atoms with Gasteiger partial charge in [0.25, 0.3) is 0 Å². The Balaban J connectivity index is 1.68. The number of benzene rings is 1. The third-order valence-corrected chi connectivity index (χ3v) is 3.29. The number of alkyl carbamates (subject to hydrolysis) is 1. The molecule has 0 spiro atoms. The Morgan fingerprint density at radius 1 is 1.27 bits per heavy atom. The van der Waals surface area contributed by atoms with Gasteiger partial charge in [0.1, 0.15) is 6.61 Å². The minimum atomic E-state index is -0.442. The van der Waals surface area contributed by atoms with Crippen LogP contribution in [-0.4, -0.2) is 28.9 Å². The van der Waals surface area contributed by atoms with Crippen molar-refractivity contribution in [3.63, 3.8) is 0 Å². The minimum Gasteiger partial charge on any atom is -0.445 e. The summed E-state index contributed by atoms with van der Waals surface area (Å²) in [7, 11) is 0. The van der Waals surface area contributed by atoms with Gasteiger partial charge in [-0.3, -0.25) is 0 Å². The van der Waals surface area contributed by atoms with E-state index in [0.717, 1.165) is 16.3 Å². The summed E-state index contributed by atoms with van der Waals surface area (Å²) >= 11 is 1.49. The van der Waals surface area contributed by atoms with Gasteiger partial charge in [0.15, 0.2) is 5.16 Å². The Morgan fingerprint density at radius 3 is 2.68 bits per heavy atom. The van der Waals surface area contributed by atoms with E-state index in [1.807, 2.05) is 48.7 Å². The van der Waals surface area contributed by atoms with E-state index in [9.17, 15) is 4.79 Å². The van der Waals surface area contributed by atoms with E-state index in [1.165, 1.54) is 11.8 Å². The first kappa shape index (κ1) is 16.0. The van der Waals surface area contributed by atoms with Gasteiger partial charge in [0.05, 0.1) is 0 Å². The van der Waals surface area contributed by atoms with E-state index >= 15 is 0 Å². The van der Waals surface area contributed by atoms with Gasteiger partial charge in [-0.25, -0.2) is 14.8 Å². The zero-order valence-electron chi connectivity index (χ0n) is 12.2. The normalized spacial score (nSPS) is 10.6. The topological polar surface area (TPSA) is 64.1 Å². The maximum atomic E-state index is 11.5. The van der Waals surface area contributed by atoms with Crippen LogP contribution in [0.2, 0.25) is 0 Å². The molecular formula is C16H17N3O2S. The largest absolute Gasteiger partial charge is 0.445 e. The van der Waals surface area contributed by atoms with Crippen molar-refractivity contribution in [1.29, 1.82) is 0 Å². The molecule has 0 saturated heterocycles. The molecule has 6 heteroatoms. The molecule has 0 atom stereocenters. The van der Waals surface area contributed by atoms with Gasteiger partial charge in [-0.2, -0.15) is 0 Å². The predicted octanol–water partition coefficient (Wildman–Crippen LogP) is 3.14. The molecule has 0 aliphatic heterocycles. The van der Waals surface area contributed by atoms with Crippen LogP contribution in [0.4, 0.5) is 4.79 Å². The predicted molar refractivity (Wildman–Crippen MR) is 87.5 cm³/mol. The maximum Gasteiger partial charge on any atom is 0.407 e. The Labute approximate surface area is 133 Å². The number of carbonyl (C=O) groups is 1. The highest BCUT2D eigenvalue weighted by Gasteiger charge is 2.00. The van der Waals surface area contributed by atoms with E-state index in [1.54, 1.807) is 12.4 Å². The molecule has 0 fully saturated rings. The number of nitrogens with zero attached hydrogens (tertiary/aromatic N) is 2. The number of carbonyl (C=O) groups excluding carboxylic acids is 1. The van der Waals surface area contributed by atoms with Crippen LogP contribution in [-0.2, 0) is 11.3 Å². The second-order valence-electron chi connectivity index (χ2n) is 4.35. The van der Waals surface area contributed by atoms with Crippen LogP contribution in [0.15, 0.2) is 54.0 Å². The number of amides is 1. The zero-order chi connectivity index (χ0) is 15.6. The van der Waals surface area contributed by atoms with Crippen LogP contribution < -0.4 is 5.32 Å². The highest BCUT2D eigenvalue weighted by Crippen LogP contribution is 2.07. The minimum absolute atomic E-state index is 0.264. The maximum absolute atomic E-state index is 11.5. The molecule has 0 radical (unpaired) electrons. The first-order chi connectivity index (χ1) is 10.8. The third-order valence-electron chi connectivity index (χ3n) is 2.72. The molecule has 2 aromatic rings.